The molecule has 1 aromatic carbocycles. The average molecular weight is 422 g/mol. The van der Waals surface area contributed by atoms with Crippen molar-refractivity contribution in [1.82, 2.24) is 10.0 Å². The molecule has 2 atom stereocenters. The lowest BCUT2D eigenvalue weighted by Crippen LogP contribution is -2.51. The van der Waals surface area contributed by atoms with E-state index in [-0.39, 0.29) is 34.7 Å². The Bertz CT molecular complexity index is 891. The molecule has 1 fully saturated rings. The van der Waals surface area contributed by atoms with Crippen LogP contribution in [0.5, 0.6) is 0 Å². The Morgan fingerprint density at radius 3 is 2.41 bits per heavy atom. The Labute approximate surface area is 173 Å². The highest BCUT2D eigenvalue weighted by Gasteiger charge is 2.33. The molecule has 0 aromatic heterocycles. The van der Waals surface area contributed by atoms with Crippen LogP contribution >= 0.6 is 0 Å². The number of nitrogens with zero attached hydrogens (tertiary/aromatic N) is 1. The van der Waals surface area contributed by atoms with Crippen molar-refractivity contribution in [3.05, 3.63) is 23.8 Å². The Hall–Kier alpha value is -1.93. The zero-order valence-corrected chi connectivity index (χ0v) is 18.4. The van der Waals surface area contributed by atoms with E-state index in [1.54, 1.807) is 17.0 Å². The van der Waals surface area contributed by atoms with Crippen molar-refractivity contribution in [2.75, 3.05) is 4.90 Å². The molecule has 0 radical (unpaired) electrons. The van der Waals surface area contributed by atoms with Crippen LogP contribution in [0.2, 0.25) is 0 Å². The third kappa shape index (κ3) is 4.64. The van der Waals surface area contributed by atoms with Crippen molar-refractivity contribution >= 4 is 27.5 Å². The minimum atomic E-state index is -3.87. The summed E-state index contributed by atoms with van der Waals surface area (Å²) in [4.78, 5) is 26.4. The highest BCUT2D eigenvalue weighted by atomic mass is 32.2. The fraction of sp³-hybridized carbons (Fsp3) is 0.619. The minimum absolute atomic E-state index is 0.00554. The molecule has 1 aromatic rings. The molecule has 29 heavy (non-hydrogen) atoms. The van der Waals surface area contributed by atoms with Gasteiger partial charge in [-0.3, -0.25) is 9.59 Å². The molecule has 0 saturated heterocycles. The normalized spacial score (nSPS) is 20.7. The molecule has 1 aliphatic heterocycles. The van der Waals surface area contributed by atoms with Gasteiger partial charge in [0.15, 0.2) is 0 Å². The van der Waals surface area contributed by atoms with Crippen molar-refractivity contribution in [2.24, 2.45) is 5.92 Å². The second-order valence-corrected chi connectivity index (χ2v) is 10.3. The van der Waals surface area contributed by atoms with Crippen molar-refractivity contribution in [3.8, 4) is 0 Å². The van der Waals surface area contributed by atoms with Gasteiger partial charge < -0.3 is 10.2 Å². The van der Waals surface area contributed by atoms with Gasteiger partial charge >= 0.3 is 0 Å². The van der Waals surface area contributed by atoms with Crippen LogP contribution in [0.3, 0.4) is 0 Å². The fourth-order valence-corrected chi connectivity index (χ4v) is 5.74. The standard InChI is InChI=1S/C21H31N3O4S/c1-13(2)20(21(26)22-17-7-5-6-8-17)23-29(27,28)18-9-10-19-16(12-18)11-14(3)24(19)15(4)25/h9-10,12-14,17,20,23H,5-8,11H2,1-4H3,(H,22,26)/t14-,20-/m1/s1. The number of nitrogens with one attached hydrogen (secondary N) is 2. The van der Waals surface area contributed by atoms with E-state index in [2.05, 4.69) is 10.0 Å². The smallest absolute Gasteiger partial charge is 0.241 e. The molecule has 1 saturated carbocycles. The number of carbonyl (C=O) groups is 2. The predicted molar refractivity (Wildman–Crippen MR) is 112 cm³/mol. The zero-order valence-electron chi connectivity index (χ0n) is 17.6. The SMILES string of the molecule is CC(=O)N1c2ccc(S(=O)(=O)N[C@@H](C(=O)NC3CCCC3)C(C)C)cc2C[C@H]1C. The van der Waals surface area contributed by atoms with Crippen molar-refractivity contribution < 1.29 is 18.0 Å². The number of rotatable bonds is 6. The van der Waals surface area contributed by atoms with Crippen LogP contribution in [-0.4, -0.2) is 38.4 Å². The molecular formula is C21H31N3O4S. The second kappa shape index (κ2) is 8.44. The van der Waals surface area contributed by atoms with E-state index in [0.29, 0.717) is 6.42 Å². The molecule has 2 amide bonds. The van der Waals surface area contributed by atoms with Gasteiger partial charge in [0.05, 0.1) is 4.90 Å². The largest absolute Gasteiger partial charge is 0.352 e. The maximum absolute atomic E-state index is 13.0. The van der Waals surface area contributed by atoms with Crippen LogP contribution in [0, 0.1) is 5.92 Å². The molecule has 1 aliphatic carbocycles. The quantitative estimate of drug-likeness (QED) is 0.737. The number of benzene rings is 1. The van der Waals surface area contributed by atoms with Gasteiger partial charge in [-0.25, -0.2) is 8.42 Å². The molecule has 3 rings (SSSR count). The summed E-state index contributed by atoms with van der Waals surface area (Å²) in [5, 5.41) is 2.99. The number of hydrogen-bond donors (Lipinski definition) is 2. The number of fused-ring (bicyclic) bond motifs is 1. The van der Waals surface area contributed by atoms with Crippen LogP contribution in [0.1, 0.15) is 58.9 Å². The molecule has 2 aliphatic rings. The Morgan fingerprint density at radius 1 is 1.17 bits per heavy atom. The minimum Gasteiger partial charge on any atom is -0.352 e. The highest BCUT2D eigenvalue weighted by Crippen LogP contribution is 2.34. The first kappa shape index (κ1) is 21.8. The molecule has 160 valence electrons. The van der Waals surface area contributed by atoms with Gasteiger partial charge in [0.2, 0.25) is 21.8 Å². The summed E-state index contributed by atoms with van der Waals surface area (Å²) in [6.07, 6.45) is 4.67. The van der Waals surface area contributed by atoms with E-state index >= 15 is 0 Å². The molecule has 0 bridgehead atoms. The molecule has 7 nitrogen and oxygen atoms in total. The third-order valence-corrected chi connectivity index (χ3v) is 7.29. The lowest BCUT2D eigenvalue weighted by molar-refractivity contribution is -0.124. The lowest BCUT2D eigenvalue weighted by atomic mass is 10.0. The summed E-state index contributed by atoms with van der Waals surface area (Å²) in [5.74, 6) is -0.518. The number of amides is 2. The molecule has 1 heterocycles. The van der Waals surface area contributed by atoms with Gasteiger partial charge in [-0.15, -0.1) is 0 Å². The van der Waals surface area contributed by atoms with Crippen molar-refractivity contribution in [1.29, 1.82) is 0 Å². The number of anilines is 1. The van der Waals surface area contributed by atoms with E-state index < -0.39 is 16.1 Å². The second-order valence-electron chi connectivity index (χ2n) is 8.57. The van der Waals surface area contributed by atoms with Gasteiger partial charge in [-0.2, -0.15) is 4.72 Å². The summed E-state index contributed by atoms with van der Waals surface area (Å²) in [7, 11) is -3.87. The molecule has 2 N–H and O–H groups in total. The van der Waals surface area contributed by atoms with E-state index in [0.717, 1.165) is 36.9 Å². The first-order valence-electron chi connectivity index (χ1n) is 10.4. The monoisotopic (exact) mass is 421 g/mol. The maximum Gasteiger partial charge on any atom is 0.241 e. The van der Waals surface area contributed by atoms with E-state index in [1.807, 2.05) is 20.8 Å². The Kier molecular flexibility index (Phi) is 6.33. The highest BCUT2D eigenvalue weighted by molar-refractivity contribution is 7.89. The topological polar surface area (TPSA) is 95.6 Å². The summed E-state index contributed by atoms with van der Waals surface area (Å²) < 4.78 is 28.6. The number of hydrogen-bond acceptors (Lipinski definition) is 4. The van der Waals surface area contributed by atoms with Gasteiger partial charge in [0, 0.05) is 24.7 Å². The zero-order chi connectivity index (χ0) is 21.3. The first-order valence-corrected chi connectivity index (χ1v) is 11.8. The molecule has 0 unspecified atom stereocenters. The summed E-state index contributed by atoms with van der Waals surface area (Å²) in [5.41, 5.74) is 1.58. The van der Waals surface area contributed by atoms with E-state index in [1.165, 1.54) is 13.0 Å². The third-order valence-electron chi connectivity index (χ3n) is 5.85. The van der Waals surface area contributed by atoms with Crippen LogP contribution in [0.25, 0.3) is 0 Å². The number of sulfonamides is 1. The lowest BCUT2D eigenvalue weighted by Gasteiger charge is -2.24. The van der Waals surface area contributed by atoms with Crippen LogP contribution in [-0.2, 0) is 26.0 Å². The molecule has 0 spiro atoms. The fourth-order valence-electron chi connectivity index (χ4n) is 4.34. The van der Waals surface area contributed by atoms with Crippen molar-refractivity contribution in [3.63, 3.8) is 0 Å². The average Bonchev–Trinajstić information content (AvgIpc) is 3.24. The van der Waals surface area contributed by atoms with E-state index in [9.17, 15) is 18.0 Å². The molecule has 8 heteroatoms. The Morgan fingerprint density at radius 2 is 1.83 bits per heavy atom. The van der Waals surface area contributed by atoms with Gasteiger partial charge in [0.1, 0.15) is 6.04 Å². The van der Waals surface area contributed by atoms with Gasteiger partial charge in [0.25, 0.3) is 0 Å². The van der Waals surface area contributed by atoms with E-state index in [4.69, 9.17) is 0 Å². The Balaban J connectivity index is 1.80. The predicted octanol–water partition coefficient (Wildman–Crippen LogP) is 2.35. The first-order chi connectivity index (χ1) is 13.6. The van der Waals surface area contributed by atoms with Crippen molar-refractivity contribution in [2.45, 2.75) is 82.8 Å². The summed E-state index contributed by atoms with van der Waals surface area (Å²) in [6.45, 7) is 7.11. The van der Waals surface area contributed by atoms with Crippen LogP contribution in [0.4, 0.5) is 5.69 Å². The van der Waals surface area contributed by atoms with Crippen LogP contribution in [0.15, 0.2) is 23.1 Å². The summed E-state index contributed by atoms with van der Waals surface area (Å²) in [6, 6.07) is 4.09. The summed E-state index contributed by atoms with van der Waals surface area (Å²) >= 11 is 0. The van der Waals surface area contributed by atoms with Gasteiger partial charge in [-0.1, -0.05) is 26.7 Å². The molecular weight excluding hydrogens is 390 g/mol. The van der Waals surface area contributed by atoms with Gasteiger partial charge in [-0.05, 0) is 55.9 Å². The number of carbonyl (C=O) groups excluding carboxylic acids is 2. The maximum atomic E-state index is 13.0. The van der Waals surface area contributed by atoms with Crippen LogP contribution < -0.4 is 14.9 Å².